The summed E-state index contributed by atoms with van der Waals surface area (Å²) in [5.74, 6) is 1.77. The molecule has 3 heterocycles. The van der Waals surface area contributed by atoms with Crippen molar-refractivity contribution in [3.63, 3.8) is 0 Å². The average Bonchev–Trinajstić information content (AvgIpc) is 3.65. The molecule has 8 fully saturated rings. The minimum atomic E-state index is -0.544. The summed E-state index contributed by atoms with van der Waals surface area (Å²) < 4.78 is 19.5. The number of nitrogens with zero attached hydrogens (tertiary/aromatic N) is 2. The number of amides is 2. The third-order valence-electron chi connectivity index (χ3n) is 16.8. The number of aliphatic hydroxyl groups is 1. The van der Waals surface area contributed by atoms with Gasteiger partial charge in [0.1, 0.15) is 12.2 Å². The van der Waals surface area contributed by atoms with Crippen LogP contribution in [-0.2, 0) is 14.2 Å². The molecule has 2 spiro atoms. The summed E-state index contributed by atoms with van der Waals surface area (Å²) in [6.07, 6.45) is 8.13. The molecule has 2 N–H and O–H groups in total. The molecule has 5 aliphatic carbocycles. The highest BCUT2D eigenvalue weighted by atomic mass is 16.6. The molecule has 0 aromatic heterocycles. The first-order valence-electron chi connectivity index (χ1n) is 19.7. The molecule has 0 bridgehead atoms. The Morgan fingerprint density at radius 1 is 0.896 bits per heavy atom. The first-order chi connectivity index (χ1) is 22.7. The van der Waals surface area contributed by atoms with Crippen molar-refractivity contribution in [3.8, 4) is 0 Å². The van der Waals surface area contributed by atoms with Crippen molar-refractivity contribution in [2.75, 3.05) is 39.3 Å². The van der Waals surface area contributed by atoms with Gasteiger partial charge in [0.15, 0.2) is 0 Å². The molecule has 5 saturated carbocycles. The molecule has 9 nitrogen and oxygen atoms in total. The number of carbonyl (C=O) groups is 2. The van der Waals surface area contributed by atoms with Crippen molar-refractivity contribution < 1.29 is 28.9 Å². The van der Waals surface area contributed by atoms with Crippen LogP contribution in [0.25, 0.3) is 0 Å². The molecule has 2 amide bonds. The van der Waals surface area contributed by atoms with Crippen LogP contribution in [0.2, 0.25) is 0 Å². The van der Waals surface area contributed by atoms with Gasteiger partial charge in [-0.3, -0.25) is 0 Å². The number of likely N-dealkylation sites (tertiary alicyclic amines) is 1. The smallest absolute Gasteiger partial charge is 0.410 e. The number of aliphatic hydroxyl groups excluding tert-OH is 1. The number of nitrogens with one attached hydrogen (secondary N) is 1. The van der Waals surface area contributed by atoms with Gasteiger partial charge in [0.2, 0.25) is 0 Å². The first-order valence-corrected chi connectivity index (χ1v) is 19.7. The Labute approximate surface area is 288 Å². The predicted octanol–water partition coefficient (Wildman–Crippen LogP) is 6.08. The molecule has 0 aromatic rings. The van der Waals surface area contributed by atoms with Gasteiger partial charge in [-0.05, 0) is 104 Å². The second-order valence-electron chi connectivity index (χ2n) is 19.1. The van der Waals surface area contributed by atoms with Crippen molar-refractivity contribution in [2.45, 2.75) is 137 Å². The summed E-state index contributed by atoms with van der Waals surface area (Å²) in [7, 11) is 0. The maximum Gasteiger partial charge on any atom is 0.410 e. The largest absolute Gasteiger partial charge is 0.446 e. The van der Waals surface area contributed by atoms with Gasteiger partial charge in [0.05, 0.1) is 18.3 Å². The van der Waals surface area contributed by atoms with Gasteiger partial charge >= 0.3 is 12.2 Å². The zero-order chi connectivity index (χ0) is 34.0. The van der Waals surface area contributed by atoms with E-state index in [4.69, 9.17) is 14.2 Å². The second-order valence-corrected chi connectivity index (χ2v) is 19.1. The summed E-state index contributed by atoms with van der Waals surface area (Å²) in [5.41, 5.74) is 0.193. The summed E-state index contributed by atoms with van der Waals surface area (Å²) in [4.78, 5) is 29.8. The van der Waals surface area contributed by atoms with Crippen molar-refractivity contribution in [3.05, 3.63) is 0 Å². The zero-order valence-corrected chi connectivity index (χ0v) is 30.8. The lowest BCUT2D eigenvalue weighted by Crippen LogP contribution is -2.60. The standard InChI is InChI=1S/C39H63N3O6/c1-23(2)30(48-34(45)41-17-8-18-41)25-21-24(3)29-31(46-25)32(43)37(7)27-10-9-26-35(4,5)28(47-33(44)42-19-15-40-16-20-42)11-12-38(26)22-39(27,38)14-13-36(29,37)6/h23-32,40,43H,8-22H2,1-7H3/t24-,25?,26+,27?,28?,29+,30?,31?,32+,36?,37-,38?,39?/m1/s1. The molecular formula is C39H63N3O6. The van der Waals surface area contributed by atoms with Crippen molar-refractivity contribution >= 4 is 12.2 Å². The fourth-order valence-corrected chi connectivity index (χ4v) is 14.1. The summed E-state index contributed by atoms with van der Waals surface area (Å²) in [6.45, 7) is 21.0. The number of hydrogen-bond acceptors (Lipinski definition) is 7. The monoisotopic (exact) mass is 669 g/mol. The Hall–Kier alpha value is -1.58. The highest BCUT2D eigenvalue weighted by molar-refractivity contribution is 5.69. The topological polar surface area (TPSA) is 101 Å². The summed E-state index contributed by atoms with van der Waals surface area (Å²) in [6, 6.07) is 0. The van der Waals surface area contributed by atoms with Gasteiger partial charge in [-0.25, -0.2) is 9.59 Å². The van der Waals surface area contributed by atoms with E-state index in [-0.39, 0.29) is 75.5 Å². The average molecular weight is 670 g/mol. The number of rotatable bonds is 4. The van der Waals surface area contributed by atoms with Crippen LogP contribution in [-0.4, -0.2) is 96.9 Å². The first kappa shape index (κ1) is 33.6. The predicted molar refractivity (Wildman–Crippen MR) is 182 cm³/mol. The quantitative estimate of drug-likeness (QED) is 0.375. The van der Waals surface area contributed by atoms with E-state index in [0.717, 1.165) is 84.2 Å². The minimum absolute atomic E-state index is 0.0127. The Morgan fingerprint density at radius 2 is 1.56 bits per heavy atom. The molecule has 48 heavy (non-hydrogen) atoms. The van der Waals surface area contributed by atoms with Gasteiger partial charge in [0, 0.05) is 50.1 Å². The van der Waals surface area contributed by atoms with E-state index in [9.17, 15) is 14.7 Å². The molecule has 13 atom stereocenters. The third kappa shape index (κ3) is 4.37. The van der Waals surface area contributed by atoms with E-state index in [0.29, 0.717) is 17.8 Å². The highest BCUT2D eigenvalue weighted by Crippen LogP contribution is 2.89. The second kappa shape index (κ2) is 11.2. The van der Waals surface area contributed by atoms with Crippen molar-refractivity contribution in [2.24, 2.45) is 56.7 Å². The van der Waals surface area contributed by atoms with Crippen LogP contribution in [0.3, 0.4) is 0 Å². The fourth-order valence-electron chi connectivity index (χ4n) is 14.1. The van der Waals surface area contributed by atoms with Gasteiger partial charge < -0.3 is 34.4 Å². The normalized spacial score (nSPS) is 49.4. The van der Waals surface area contributed by atoms with Gasteiger partial charge in [0.25, 0.3) is 0 Å². The lowest BCUT2D eigenvalue weighted by molar-refractivity contribution is -0.185. The molecule has 0 radical (unpaired) electrons. The number of fused-ring (bicyclic) bond motifs is 4. The van der Waals surface area contributed by atoms with E-state index in [1.165, 1.54) is 12.8 Å². The lowest BCUT2D eigenvalue weighted by atomic mass is 9.41. The maximum absolute atomic E-state index is 13.2. The van der Waals surface area contributed by atoms with Crippen LogP contribution >= 0.6 is 0 Å². The molecule has 8 rings (SSSR count). The van der Waals surface area contributed by atoms with Crippen LogP contribution < -0.4 is 5.32 Å². The summed E-state index contributed by atoms with van der Waals surface area (Å²) in [5, 5.41) is 16.0. The maximum atomic E-state index is 13.2. The lowest BCUT2D eigenvalue weighted by Gasteiger charge is -2.63. The van der Waals surface area contributed by atoms with E-state index in [2.05, 4.69) is 53.8 Å². The number of ether oxygens (including phenoxy) is 3. The summed E-state index contributed by atoms with van der Waals surface area (Å²) >= 11 is 0. The number of carbonyl (C=O) groups excluding carboxylic acids is 2. The van der Waals surface area contributed by atoms with Gasteiger partial charge in [-0.2, -0.15) is 0 Å². The number of piperazine rings is 1. The van der Waals surface area contributed by atoms with E-state index < -0.39 is 6.10 Å². The minimum Gasteiger partial charge on any atom is -0.446 e. The highest BCUT2D eigenvalue weighted by Gasteiger charge is 2.84. The van der Waals surface area contributed by atoms with E-state index >= 15 is 0 Å². The third-order valence-corrected chi connectivity index (χ3v) is 16.8. The Kier molecular flexibility index (Phi) is 7.84. The van der Waals surface area contributed by atoms with Gasteiger partial charge in [-0.15, -0.1) is 0 Å². The molecule has 0 aromatic carbocycles. The van der Waals surface area contributed by atoms with Crippen molar-refractivity contribution in [1.29, 1.82) is 0 Å². The van der Waals surface area contributed by atoms with Crippen LogP contribution in [0.5, 0.6) is 0 Å². The van der Waals surface area contributed by atoms with Crippen LogP contribution in [0, 0.1) is 56.7 Å². The molecule has 8 aliphatic rings. The van der Waals surface area contributed by atoms with Crippen LogP contribution in [0.1, 0.15) is 106 Å². The SMILES string of the molecule is CC(C)C(OC(=O)N1CCC1)C1C[C@@H](C)[C@H]2C(O1)[C@H](O)[C@@]1(C)C3CC[C@H]4C(C)(C)C(OC(=O)N5CCNCC5)CCC45CC35CCC21C. The Morgan fingerprint density at radius 3 is 2.23 bits per heavy atom. The van der Waals surface area contributed by atoms with Crippen LogP contribution in [0.4, 0.5) is 9.59 Å². The van der Waals surface area contributed by atoms with Crippen molar-refractivity contribution in [1.82, 2.24) is 15.1 Å². The van der Waals surface area contributed by atoms with Gasteiger partial charge in [-0.1, -0.05) is 48.5 Å². The number of hydrogen-bond donors (Lipinski definition) is 2. The molecule has 9 heteroatoms. The molecular weight excluding hydrogens is 606 g/mol. The van der Waals surface area contributed by atoms with Crippen LogP contribution in [0.15, 0.2) is 0 Å². The van der Waals surface area contributed by atoms with E-state index in [1.807, 2.05) is 4.90 Å². The van der Waals surface area contributed by atoms with E-state index in [1.54, 1.807) is 4.90 Å². The molecule has 3 aliphatic heterocycles. The molecule has 8 unspecified atom stereocenters. The zero-order valence-electron chi connectivity index (χ0n) is 30.8. The fraction of sp³-hybridized carbons (Fsp3) is 0.949. The Bertz CT molecular complexity index is 1300. The molecule has 3 saturated heterocycles. The Balaban J connectivity index is 1.03. The molecule has 270 valence electrons.